The molecule has 13 heavy (non-hydrogen) atoms. The molecule has 0 aliphatic carbocycles. The first-order valence-electron chi connectivity index (χ1n) is 3.57. The topological polar surface area (TPSA) is 58.6 Å². The number of thioether (sulfide) groups is 1. The summed E-state index contributed by atoms with van der Waals surface area (Å²) in [7, 11) is 0. The molecule has 1 aromatic rings. The standard InChI is InChI=1S/C8H9FN2OS/c9-6-2-1-3-7(4-6)13-5-8(10)11-12/h1-4,12H,5H2,(H2,10,11). The van der Waals surface area contributed by atoms with Gasteiger partial charge in [-0.25, -0.2) is 4.39 Å². The molecule has 0 amide bonds. The highest BCUT2D eigenvalue weighted by molar-refractivity contribution is 8.00. The van der Waals surface area contributed by atoms with Gasteiger partial charge in [-0.2, -0.15) is 0 Å². The number of hydrogen-bond donors (Lipinski definition) is 2. The SMILES string of the molecule is N/C(CSc1cccc(F)c1)=N/O. The molecule has 0 saturated heterocycles. The van der Waals surface area contributed by atoms with E-state index in [-0.39, 0.29) is 11.7 Å². The van der Waals surface area contributed by atoms with Gasteiger partial charge in [0.2, 0.25) is 0 Å². The third-order valence-corrected chi connectivity index (χ3v) is 2.34. The summed E-state index contributed by atoms with van der Waals surface area (Å²) in [6.07, 6.45) is 0. The Morgan fingerprint density at radius 1 is 1.62 bits per heavy atom. The van der Waals surface area contributed by atoms with Crippen LogP contribution in [0.5, 0.6) is 0 Å². The summed E-state index contributed by atoms with van der Waals surface area (Å²) in [5, 5.41) is 11.0. The molecule has 0 spiro atoms. The molecular formula is C8H9FN2OS. The zero-order valence-electron chi connectivity index (χ0n) is 6.77. The molecule has 0 bridgehead atoms. The summed E-state index contributed by atoms with van der Waals surface area (Å²) < 4.78 is 12.6. The summed E-state index contributed by atoms with van der Waals surface area (Å²) in [5.41, 5.74) is 5.24. The van der Waals surface area contributed by atoms with Crippen molar-refractivity contribution in [3.05, 3.63) is 30.1 Å². The van der Waals surface area contributed by atoms with Crippen LogP contribution in [0, 0.1) is 5.82 Å². The molecule has 3 N–H and O–H groups in total. The molecule has 1 rings (SSSR count). The molecule has 1 aromatic carbocycles. The second kappa shape index (κ2) is 4.71. The van der Waals surface area contributed by atoms with Crippen LogP contribution in [0.15, 0.2) is 34.3 Å². The van der Waals surface area contributed by atoms with Crippen molar-refractivity contribution in [1.82, 2.24) is 0 Å². The number of amidine groups is 1. The lowest BCUT2D eigenvalue weighted by atomic mass is 10.4. The van der Waals surface area contributed by atoms with E-state index < -0.39 is 0 Å². The van der Waals surface area contributed by atoms with Crippen LogP contribution in [-0.2, 0) is 0 Å². The van der Waals surface area contributed by atoms with E-state index >= 15 is 0 Å². The van der Waals surface area contributed by atoms with E-state index in [1.54, 1.807) is 12.1 Å². The number of rotatable bonds is 3. The lowest BCUT2D eigenvalue weighted by Gasteiger charge is -1.99. The Morgan fingerprint density at radius 3 is 3.00 bits per heavy atom. The molecule has 3 nitrogen and oxygen atoms in total. The molecule has 5 heteroatoms. The molecule has 0 aliphatic rings. The number of benzene rings is 1. The molecule has 0 unspecified atom stereocenters. The summed E-state index contributed by atoms with van der Waals surface area (Å²) in [5.74, 6) is 0.179. The number of oxime groups is 1. The maximum absolute atomic E-state index is 12.6. The average Bonchev–Trinajstić information content (AvgIpc) is 2.14. The van der Waals surface area contributed by atoms with Crippen molar-refractivity contribution in [3.63, 3.8) is 0 Å². The van der Waals surface area contributed by atoms with Gasteiger partial charge in [-0.15, -0.1) is 11.8 Å². The molecule has 0 fully saturated rings. The normalized spacial score (nSPS) is 11.6. The predicted molar refractivity (Wildman–Crippen MR) is 50.5 cm³/mol. The van der Waals surface area contributed by atoms with Crippen molar-refractivity contribution < 1.29 is 9.60 Å². The van der Waals surface area contributed by atoms with Crippen molar-refractivity contribution in [3.8, 4) is 0 Å². The van der Waals surface area contributed by atoms with E-state index in [2.05, 4.69) is 5.16 Å². The van der Waals surface area contributed by atoms with Gasteiger partial charge in [0.15, 0.2) is 0 Å². The zero-order valence-corrected chi connectivity index (χ0v) is 7.59. The van der Waals surface area contributed by atoms with Gasteiger partial charge in [-0.05, 0) is 18.2 Å². The van der Waals surface area contributed by atoms with Crippen LogP contribution in [0.3, 0.4) is 0 Å². The van der Waals surface area contributed by atoms with Gasteiger partial charge in [-0.3, -0.25) is 0 Å². The smallest absolute Gasteiger partial charge is 0.149 e. The third-order valence-electron chi connectivity index (χ3n) is 1.31. The molecule has 0 saturated carbocycles. The summed E-state index contributed by atoms with van der Waals surface area (Å²) in [6.45, 7) is 0. The van der Waals surface area contributed by atoms with E-state index in [1.807, 2.05) is 0 Å². The Morgan fingerprint density at radius 2 is 2.38 bits per heavy atom. The number of hydrogen-bond acceptors (Lipinski definition) is 3. The molecule has 0 aromatic heterocycles. The molecule has 0 radical (unpaired) electrons. The predicted octanol–water partition coefficient (Wildman–Crippen LogP) is 1.66. The zero-order chi connectivity index (χ0) is 9.68. The van der Waals surface area contributed by atoms with E-state index in [9.17, 15) is 4.39 Å². The quantitative estimate of drug-likeness (QED) is 0.256. The Labute approximate surface area is 79.4 Å². The fourth-order valence-corrected chi connectivity index (χ4v) is 1.49. The summed E-state index contributed by atoms with van der Waals surface area (Å²) in [6, 6.07) is 6.14. The summed E-state index contributed by atoms with van der Waals surface area (Å²) >= 11 is 1.31. The number of nitrogens with two attached hydrogens (primary N) is 1. The van der Waals surface area contributed by atoms with Crippen LogP contribution < -0.4 is 5.73 Å². The van der Waals surface area contributed by atoms with Crippen LogP contribution in [0.2, 0.25) is 0 Å². The molecule has 0 heterocycles. The molecule has 0 aliphatic heterocycles. The fraction of sp³-hybridized carbons (Fsp3) is 0.125. The third kappa shape index (κ3) is 3.33. The summed E-state index contributed by atoms with van der Waals surface area (Å²) in [4.78, 5) is 0.756. The first-order chi connectivity index (χ1) is 6.22. The van der Waals surface area contributed by atoms with Gasteiger partial charge < -0.3 is 10.9 Å². The largest absolute Gasteiger partial charge is 0.409 e. The van der Waals surface area contributed by atoms with E-state index in [0.717, 1.165) is 4.90 Å². The van der Waals surface area contributed by atoms with Crippen molar-refractivity contribution in [2.45, 2.75) is 4.90 Å². The Bertz CT molecular complexity index is 317. The number of halogens is 1. The first kappa shape index (κ1) is 9.85. The van der Waals surface area contributed by atoms with Crippen LogP contribution in [0.4, 0.5) is 4.39 Å². The molecule has 70 valence electrons. The lowest BCUT2D eigenvalue weighted by Crippen LogP contribution is -2.13. The van der Waals surface area contributed by atoms with Crippen molar-refractivity contribution >= 4 is 17.6 Å². The van der Waals surface area contributed by atoms with E-state index in [1.165, 1.54) is 23.9 Å². The van der Waals surface area contributed by atoms with Crippen molar-refractivity contribution in [2.24, 2.45) is 10.9 Å². The second-order valence-corrected chi connectivity index (χ2v) is 3.39. The number of nitrogens with zero attached hydrogens (tertiary/aromatic N) is 1. The molecular weight excluding hydrogens is 191 g/mol. The maximum Gasteiger partial charge on any atom is 0.149 e. The van der Waals surface area contributed by atoms with Gasteiger partial charge >= 0.3 is 0 Å². The second-order valence-electron chi connectivity index (χ2n) is 2.34. The van der Waals surface area contributed by atoms with E-state index in [0.29, 0.717) is 5.75 Å². The van der Waals surface area contributed by atoms with Crippen LogP contribution in [0.1, 0.15) is 0 Å². The van der Waals surface area contributed by atoms with Gasteiger partial charge in [0.25, 0.3) is 0 Å². The Kier molecular flexibility index (Phi) is 3.57. The van der Waals surface area contributed by atoms with Crippen LogP contribution >= 0.6 is 11.8 Å². The van der Waals surface area contributed by atoms with Crippen molar-refractivity contribution in [1.29, 1.82) is 0 Å². The van der Waals surface area contributed by atoms with Crippen molar-refractivity contribution in [2.75, 3.05) is 5.75 Å². The van der Waals surface area contributed by atoms with E-state index in [4.69, 9.17) is 10.9 Å². The highest BCUT2D eigenvalue weighted by Crippen LogP contribution is 2.17. The highest BCUT2D eigenvalue weighted by atomic mass is 32.2. The Balaban J connectivity index is 2.55. The maximum atomic E-state index is 12.6. The minimum atomic E-state index is -0.287. The Hall–Kier alpha value is -1.23. The van der Waals surface area contributed by atoms with Gasteiger partial charge in [0.1, 0.15) is 11.7 Å². The van der Waals surface area contributed by atoms with Gasteiger partial charge in [0, 0.05) is 4.90 Å². The van der Waals surface area contributed by atoms with Crippen LogP contribution in [0.25, 0.3) is 0 Å². The van der Waals surface area contributed by atoms with Crippen LogP contribution in [-0.4, -0.2) is 16.8 Å². The van der Waals surface area contributed by atoms with Gasteiger partial charge in [0.05, 0.1) is 5.75 Å². The fourth-order valence-electron chi connectivity index (χ4n) is 0.743. The highest BCUT2D eigenvalue weighted by Gasteiger charge is 1.98. The minimum Gasteiger partial charge on any atom is -0.409 e. The molecule has 0 atom stereocenters. The van der Waals surface area contributed by atoms with Gasteiger partial charge in [-0.1, -0.05) is 11.2 Å². The minimum absolute atomic E-state index is 0.120. The average molecular weight is 200 g/mol. The first-order valence-corrected chi connectivity index (χ1v) is 4.55. The lowest BCUT2D eigenvalue weighted by molar-refractivity contribution is 0.318. The monoisotopic (exact) mass is 200 g/mol.